The SMILES string of the molecule is CC(C)C[C@@H](C(=O)NN(C/C=C/c1ccccc1)S(C)(=O)=O)[C@H](CC=Cc1ccccc1)C(=O)NO. The van der Waals surface area contributed by atoms with Gasteiger partial charge in [0.1, 0.15) is 0 Å². The predicted octanol–water partition coefficient (Wildman–Crippen LogP) is 3.88. The average molecular weight is 514 g/mol. The van der Waals surface area contributed by atoms with Crippen molar-refractivity contribution in [2.24, 2.45) is 17.8 Å². The summed E-state index contributed by atoms with van der Waals surface area (Å²) in [5.74, 6) is -3.05. The molecule has 0 aliphatic rings. The summed E-state index contributed by atoms with van der Waals surface area (Å²) in [7, 11) is -3.79. The Morgan fingerprint density at radius 2 is 1.42 bits per heavy atom. The van der Waals surface area contributed by atoms with Crippen molar-refractivity contribution in [1.82, 2.24) is 15.3 Å². The molecular formula is C27H35N3O5S. The van der Waals surface area contributed by atoms with Gasteiger partial charge >= 0.3 is 0 Å². The second-order valence-electron chi connectivity index (χ2n) is 8.95. The molecule has 3 N–H and O–H groups in total. The summed E-state index contributed by atoms with van der Waals surface area (Å²) in [5.41, 5.74) is 5.97. The first-order valence-corrected chi connectivity index (χ1v) is 13.6. The van der Waals surface area contributed by atoms with Crippen LogP contribution in [0.15, 0.2) is 72.8 Å². The summed E-state index contributed by atoms with van der Waals surface area (Å²) in [6.07, 6.45) is 8.49. The summed E-state index contributed by atoms with van der Waals surface area (Å²) >= 11 is 0. The molecule has 8 nitrogen and oxygen atoms in total. The van der Waals surface area contributed by atoms with Gasteiger partial charge in [-0.2, -0.15) is 0 Å². The van der Waals surface area contributed by atoms with Gasteiger partial charge in [-0.3, -0.25) is 20.2 Å². The zero-order chi connectivity index (χ0) is 26.6. The number of carbonyl (C=O) groups excluding carboxylic acids is 2. The average Bonchev–Trinajstić information content (AvgIpc) is 2.85. The number of sulfonamides is 1. The van der Waals surface area contributed by atoms with Gasteiger partial charge in [0.25, 0.3) is 0 Å². The van der Waals surface area contributed by atoms with E-state index in [1.165, 1.54) is 0 Å². The van der Waals surface area contributed by atoms with E-state index in [1.54, 1.807) is 23.7 Å². The molecule has 0 radical (unpaired) electrons. The van der Waals surface area contributed by atoms with Crippen LogP contribution in [0.2, 0.25) is 0 Å². The fourth-order valence-electron chi connectivity index (χ4n) is 3.73. The fourth-order valence-corrected chi connectivity index (χ4v) is 4.34. The smallest absolute Gasteiger partial charge is 0.247 e. The van der Waals surface area contributed by atoms with Gasteiger partial charge < -0.3 is 0 Å². The van der Waals surface area contributed by atoms with Crippen molar-refractivity contribution in [3.63, 3.8) is 0 Å². The Morgan fingerprint density at radius 3 is 1.89 bits per heavy atom. The van der Waals surface area contributed by atoms with Crippen LogP contribution in [-0.2, 0) is 19.6 Å². The van der Waals surface area contributed by atoms with Gasteiger partial charge in [0.05, 0.1) is 24.6 Å². The molecule has 0 spiro atoms. The third-order valence-electron chi connectivity index (χ3n) is 5.51. The third kappa shape index (κ3) is 9.77. The quantitative estimate of drug-likeness (QED) is 0.278. The molecule has 2 rings (SSSR count). The number of hydrogen-bond donors (Lipinski definition) is 3. The molecule has 2 aromatic rings. The first-order valence-electron chi connectivity index (χ1n) is 11.8. The number of hydrazine groups is 1. The van der Waals surface area contributed by atoms with Crippen molar-refractivity contribution in [1.29, 1.82) is 0 Å². The Labute approximate surface area is 213 Å². The molecule has 0 bridgehead atoms. The summed E-state index contributed by atoms with van der Waals surface area (Å²) < 4.78 is 25.6. The van der Waals surface area contributed by atoms with Crippen molar-refractivity contribution in [2.45, 2.75) is 26.7 Å². The maximum atomic E-state index is 13.3. The van der Waals surface area contributed by atoms with Gasteiger partial charge in [0, 0.05) is 0 Å². The molecule has 194 valence electrons. The minimum absolute atomic E-state index is 0.0394. The van der Waals surface area contributed by atoms with Gasteiger partial charge in [-0.05, 0) is 29.9 Å². The summed E-state index contributed by atoms with van der Waals surface area (Å²) in [6.45, 7) is 3.73. The lowest BCUT2D eigenvalue weighted by atomic mass is 9.82. The Morgan fingerprint density at radius 1 is 0.889 bits per heavy atom. The number of nitrogens with zero attached hydrogens (tertiary/aromatic N) is 1. The molecular weight excluding hydrogens is 478 g/mol. The van der Waals surface area contributed by atoms with E-state index in [0.717, 1.165) is 21.8 Å². The standard InChI is InChI=1S/C27H35N3O5S/c1-21(2)20-25(24(27(32)29-33)18-10-16-22-12-6-4-7-13-22)26(31)28-30(36(3,34)35)19-11-17-23-14-8-5-9-15-23/h4-17,21,24-25,33H,18-20H2,1-3H3,(H,28,31)(H,29,32)/b16-10?,17-11+/t24-,25+/m0/s1. The molecule has 0 aromatic heterocycles. The Bertz CT molecular complexity index is 1130. The van der Waals surface area contributed by atoms with Crippen molar-refractivity contribution >= 4 is 34.0 Å². The number of rotatable bonds is 13. The molecule has 0 saturated carbocycles. The van der Waals surface area contributed by atoms with Crippen LogP contribution < -0.4 is 10.9 Å². The highest BCUT2D eigenvalue weighted by Crippen LogP contribution is 2.26. The maximum absolute atomic E-state index is 13.3. The zero-order valence-corrected chi connectivity index (χ0v) is 21.7. The highest BCUT2D eigenvalue weighted by Gasteiger charge is 2.35. The highest BCUT2D eigenvalue weighted by atomic mass is 32.2. The van der Waals surface area contributed by atoms with Gasteiger partial charge in [0.2, 0.25) is 21.8 Å². The first kappa shape index (κ1) is 29.0. The number of carbonyl (C=O) groups is 2. The molecule has 0 aliphatic carbocycles. The number of hydrogen-bond acceptors (Lipinski definition) is 5. The predicted molar refractivity (Wildman–Crippen MR) is 142 cm³/mol. The van der Waals surface area contributed by atoms with Crippen LogP contribution in [0.3, 0.4) is 0 Å². The van der Waals surface area contributed by atoms with Crippen molar-refractivity contribution in [3.05, 3.63) is 83.9 Å². The van der Waals surface area contributed by atoms with Crippen LogP contribution in [0.4, 0.5) is 0 Å². The molecule has 2 atom stereocenters. The molecule has 0 fully saturated rings. The Balaban J connectivity index is 2.23. The van der Waals surface area contributed by atoms with Crippen LogP contribution in [0.1, 0.15) is 37.8 Å². The molecule has 0 saturated heterocycles. The van der Waals surface area contributed by atoms with Crippen molar-refractivity contribution in [2.75, 3.05) is 12.8 Å². The van der Waals surface area contributed by atoms with Gasteiger partial charge in [-0.1, -0.05) is 98.8 Å². The molecule has 2 amide bonds. The van der Waals surface area contributed by atoms with Crippen LogP contribution in [-0.4, -0.2) is 42.7 Å². The number of hydroxylamine groups is 1. The molecule has 36 heavy (non-hydrogen) atoms. The number of allylic oxidation sites excluding steroid dienone is 1. The lowest BCUT2D eigenvalue weighted by molar-refractivity contribution is -0.141. The van der Waals surface area contributed by atoms with Crippen LogP contribution in [0, 0.1) is 17.8 Å². The van der Waals surface area contributed by atoms with Crippen molar-refractivity contribution < 1.29 is 23.2 Å². The Hall–Kier alpha value is -3.27. The number of benzene rings is 2. The van der Waals surface area contributed by atoms with E-state index in [2.05, 4.69) is 5.43 Å². The van der Waals surface area contributed by atoms with E-state index in [0.29, 0.717) is 6.42 Å². The van der Waals surface area contributed by atoms with E-state index >= 15 is 0 Å². The summed E-state index contributed by atoms with van der Waals surface area (Å²) in [4.78, 5) is 25.9. The zero-order valence-electron chi connectivity index (χ0n) is 20.9. The molecule has 0 heterocycles. The van der Waals surface area contributed by atoms with Gasteiger partial charge in [-0.15, -0.1) is 4.41 Å². The highest BCUT2D eigenvalue weighted by molar-refractivity contribution is 7.88. The Kier molecular flexibility index (Phi) is 11.5. The van der Waals surface area contributed by atoms with E-state index in [9.17, 15) is 23.2 Å². The van der Waals surface area contributed by atoms with E-state index in [-0.39, 0.29) is 18.9 Å². The number of nitrogens with one attached hydrogen (secondary N) is 2. The van der Waals surface area contributed by atoms with Crippen LogP contribution >= 0.6 is 0 Å². The third-order valence-corrected chi connectivity index (χ3v) is 6.55. The van der Waals surface area contributed by atoms with Gasteiger partial charge in [-0.25, -0.2) is 13.9 Å². The summed E-state index contributed by atoms with van der Waals surface area (Å²) in [5, 5.41) is 9.35. The minimum Gasteiger partial charge on any atom is -0.289 e. The fraction of sp³-hybridized carbons (Fsp3) is 0.333. The lowest BCUT2D eigenvalue weighted by Gasteiger charge is -2.28. The van der Waals surface area contributed by atoms with Crippen molar-refractivity contribution in [3.8, 4) is 0 Å². The second-order valence-corrected chi connectivity index (χ2v) is 10.9. The normalized spacial score (nSPS) is 13.8. The number of amides is 2. The molecule has 9 heteroatoms. The molecule has 2 aromatic carbocycles. The summed E-state index contributed by atoms with van der Waals surface area (Å²) in [6, 6.07) is 18.8. The largest absolute Gasteiger partial charge is 0.289 e. The van der Waals surface area contributed by atoms with E-state index in [1.807, 2.05) is 80.6 Å². The molecule has 0 aliphatic heterocycles. The van der Waals surface area contributed by atoms with Crippen LogP contribution in [0.5, 0.6) is 0 Å². The first-order chi connectivity index (χ1) is 17.1. The van der Waals surface area contributed by atoms with Gasteiger partial charge in [0.15, 0.2) is 0 Å². The van der Waals surface area contributed by atoms with E-state index < -0.39 is 33.7 Å². The van der Waals surface area contributed by atoms with E-state index in [4.69, 9.17) is 0 Å². The topological polar surface area (TPSA) is 116 Å². The second kappa shape index (κ2) is 14.3. The monoisotopic (exact) mass is 513 g/mol. The lowest BCUT2D eigenvalue weighted by Crippen LogP contribution is -2.50. The molecule has 0 unspecified atom stereocenters. The van der Waals surface area contributed by atoms with Crippen LogP contribution in [0.25, 0.3) is 12.2 Å². The minimum atomic E-state index is -3.79. The maximum Gasteiger partial charge on any atom is 0.247 e.